The number of nitrogens with one attached hydrogen (secondary N) is 1. The molecule has 0 aromatic carbocycles. The lowest BCUT2D eigenvalue weighted by atomic mass is 10.2. The molecule has 0 saturated carbocycles. The molecule has 2 aromatic heterocycles. The van der Waals surface area contributed by atoms with Crippen molar-refractivity contribution in [1.82, 2.24) is 9.71 Å². The lowest BCUT2D eigenvalue weighted by molar-refractivity contribution is 0.0695. The van der Waals surface area contributed by atoms with Gasteiger partial charge in [0, 0.05) is 12.4 Å². The monoisotopic (exact) mass is 296 g/mol. The number of carboxylic acids is 1. The van der Waals surface area contributed by atoms with E-state index in [-0.39, 0.29) is 28.5 Å². The van der Waals surface area contributed by atoms with Crippen LogP contribution in [0, 0.1) is 6.92 Å². The average Bonchev–Trinajstić information content (AvgIpc) is 2.79. The van der Waals surface area contributed by atoms with Gasteiger partial charge in [0.2, 0.25) is 10.0 Å². The van der Waals surface area contributed by atoms with Crippen molar-refractivity contribution in [3.05, 3.63) is 47.7 Å². The van der Waals surface area contributed by atoms with Crippen LogP contribution in [0.4, 0.5) is 0 Å². The highest BCUT2D eigenvalue weighted by Gasteiger charge is 2.17. The maximum atomic E-state index is 11.9. The number of nitrogens with zero attached hydrogens (tertiary/aromatic N) is 1. The number of aromatic carboxylic acids is 1. The summed E-state index contributed by atoms with van der Waals surface area (Å²) in [6.45, 7) is 1.37. The van der Waals surface area contributed by atoms with Crippen LogP contribution in [0.3, 0.4) is 0 Å². The number of carbonyl (C=O) groups is 1. The molecule has 2 heterocycles. The number of rotatable bonds is 5. The number of sulfonamides is 1. The zero-order chi connectivity index (χ0) is 14.8. The summed E-state index contributed by atoms with van der Waals surface area (Å²) in [5.41, 5.74) is 0.0144. The first-order valence-corrected chi connectivity index (χ1v) is 7.11. The third-order valence-electron chi connectivity index (χ3n) is 2.58. The van der Waals surface area contributed by atoms with Crippen LogP contribution >= 0.6 is 0 Å². The molecule has 2 rings (SSSR count). The third kappa shape index (κ3) is 3.03. The Labute approximate surface area is 115 Å². The summed E-state index contributed by atoms with van der Waals surface area (Å²) in [5, 5.41) is 8.88. The highest BCUT2D eigenvalue weighted by molar-refractivity contribution is 7.89. The Morgan fingerprint density at radius 3 is 2.80 bits per heavy atom. The molecule has 0 atom stereocenters. The zero-order valence-electron chi connectivity index (χ0n) is 10.5. The second kappa shape index (κ2) is 5.43. The molecular weight excluding hydrogens is 284 g/mol. The Morgan fingerprint density at radius 2 is 2.25 bits per heavy atom. The van der Waals surface area contributed by atoms with Gasteiger partial charge in [0.1, 0.15) is 22.0 Å². The highest BCUT2D eigenvalue weighted by Crippen LogP contribution is 2.15. The summed E-state index contributed by atoms with van der Waals surface area (Å²) in [6, 6.07) is 4.21. The predicted molar refractivity (Wildman–Crippen MR) is 68.7 cm³/mol. The molecule has 0 aliphatic heterocycles. The van der Waals surface area contributed by atoms with Crippen molar-refractivity contribution in [2.75, 3.05) is 0 Å². The van der Waals surface area contributed by atoms with Crippen LogP contribution in [0.1, 0.15) is 21.9 Å². The lowest BCUT2D eigenvalue weighted by Gasteiger charge is -2.04. The standard InChI is InChI=1S/C12H12N2O5S/c1-8-11(12(15)16)5-9(19-8)6-14-20(17,18)10-3-2-4-13-7-10/h2-5,7,14H,6H2,1H3,(H,15,16). The maximum absolute atomic E-state index is 11.9. The summed E-state index contributed by atoms with van der Waals surface area (Å²) >= 11 is 0. The van der Waals surface area contributed by atoms with Crippen LogP contribution in [0.15, 0.2) is 39.9 Å². The number of hydrogen-bond donors (Lipinski definition) is 2. The number of aromatic nitrogens is 1. The van der Waals surface area contributed by atoms with Crippen LogP contribution in [0.2, 0.25) is 0 Å². The van der Waals surface area contributed by atoms with Crippen molar-refractivity contribution < 1.29 is 22.7 Å². The zero-order valence-corrected chi connectivity index (χ0v) is 11.3. The normalized spacial score (nSPS) is 11.4. The number of furan rings is 1. The Kier molecular flexibility index (Phi) is 3.86. The van der Waals surface area contributed by atoms with Crippen molar-refractivity contribution >= 4 is 16.0 Å². The number of hydrogen-bond acceptors (Lipinski definition) is 5. The van der Waals surface area contributed by atoms with E-state index in [4.69, 9.17) is 9.52 Å². The minimum atomic E-state index is -3.70. The van der Waals surface area contributed by atoms with Crippen molar-refractivity contribution in [2.45, 2.75) is 18.4 Å². The Hall–Kier alpha value is -2.19. The van der Waals surface area contributed by atoms with Crippen LogP contribution in [0.5, 0.6) is 0 Å². The molecule has 0 saturated heterocycles. The van der Waals surface area contributed by atoms with Crippen molar-refractivity contribution in [2.24, 2.45) is 0 Å². The topological polar surface area (TPSA) is 110 Å². The summed E-state index contributed by atoms with van der Waals surface area (Å²) in [4.78, 5) is 14.6. The Morgan fingerprint density at radius 1 is 1.50 bits per heavy atom. The fraction of sp³-hybridized carbons (Fsp3) is 0.167. The fourth-order valence-corrected chi connectivity index (χ4v) is 2.55. The molecule has 2 N–H and O–H groups in total. The second-order valence-electron chi connectivity index (χ2n) is 4.00. The van der Waals surface area contributed by atoms with E-state index in [1.807, 2.05) is 0 Å². The molecule has 0 bridgehead atoms. The third-order valence-corrected chi connectivity index (χ3v) is 3.97. The molecule has 2 aromatic rings. The maximum Gasteiger partial charge on any atom is 0.339 e. The van der Waals surface area contributed by atoms with E-state index < -0.39 is 16.0 Å². The van der Waals surface area contributed by atoms with Gasteiger partial charge in [-0.05, 0) is 25.1 Å². The SMILES string of the molecule is Cc1oc(CNS(=O)(=O)c2cccnc2)cc1C(=O)O. The Balaban J connectivity index is 2.13. The number of aryl methyl sites for hydroxylation is 1. The summed E-state index contributed by atoms with van der Waals surface area (Å²) in [7, 11) is -3.70. The fourth-order valence-electron chi connectivity index (χ4n) is 1.60. The molecule has 0 aliphatic carbocycles. The van der Waals surface area contributed by atoms with E-state index in [0.717, 1.165) is 0 Å². The van der Waals surface area contributed by atoms with Crippen molar-refractivity contribution in [3.63, 3.8) is 0 Å². The van der Waals surface area contributed by atoms with Crippen molar-refractivity contribution in [1.29, 1.82) is 0 Å². The van der Waals surface area contributed by atoms with E-state index in [0.29, 0.717) is 0 Å². The molecule has 20 heavy (non-hydrogen) atoms. The van der Waals surface area contributed by atoms with Gasteiger partial charge in [-0.3, -0.25) is 4.98 Å². The number of pyridine rings is 1. The van der Waals surface area contributed by atoms with Gasteiger partial charge in [-0.2, -0.15) is 0 Å². The summed E-state index contributed by atoms with van der Waals surface area (Å²) in [5.74, 6) is -0.659. The molecule has 7 nitrogen and oxygen atoms in total. The summed E-state index contributed by atoms with van der Waals surface area (Å²) in [6.07, 6.45) is 2.69. The van der Waals surface area contributed by atoms with E-state index in [9.17, 15) is 13.2 Å². The Bertz CT molecular complexity index is 722. The molecule has 0 radical (unpaired) electrons. The van der Waals surface area contributed by atoms with Crippen molar-refractivity contribution in [3.8, 4) is 0 Å². The van der Waals surface area contributed by atoms with E-state index in [1.54, 1.807) is 0 Å². The van der Waals surface area contributed by atoms with Gasteiger partial charge in [0.05, 0.1) is 6.54 Å². The lowest BCUT2D eigenvalue weighted by Crippen LogP contribution is -2.23. The van der Waals surface area contributed by atoms with Gasteiger partial charge in [-0.25, -0.2) is 17.9 Å². The van der Waals surface area contributed by atoms with Crippen LogP contribution in [-0.4, -0.2) is 24.5 Å². The molecule has 0 unspecified atom stereocenters. The van der Waals surface area contributed by atoms with E-state index in [1.165, 1.54) is 37.5 Å². The number of carboxylic acid groups (broad SMARTS) is 1. The molecule has 0 spiro atoms. The molecule has 0 aliphatic rings. The highest BCUT2D eigenvalue weighted by atomic mass is 32.2. The van der Waals surface area contributed by atoms with Gasteiger partial charge in [-0.15, -0.1) is 0 Å². The first kappa shape index (κ1) is 14.2. The second-order valence-corrected chi connectivity index (χ2v) is 5.77. The minimum absolute atomic E-state index is 0.0144. The molecule has 0 fully saturated rings. The van der Waals surface area contributed by atoms with Gasteiger partial charge in [0.15, 0.2) is 0 Å². The van der Waals surface area contributed by atoms with E-state index >= 15 is 0 Å². The largest absolute Gasteiger partial charge is 0.478 e. The molecule has 106 valence electrons. The minimum Gasteiger partial charge on any atom is -0.478 e. The van der Waals surface area contributed by atoms with E-state index in [2.05, 4.69) is 9.71 Å². The van der Waals surface area contributed by atoms with Gasteiger partial charge in [0.25, 0.3) is 0 Å². The average molecular weight is 296 g/mol. The molecule has 8 heteroatoms. The van der Waals surface area contributed by atoms with Gasteiger partial charge < -0.3 is 9.52 Å². The van der Waals surface area contributed by atoms with Gasteiger partial charge >= 0.3 is 5.97 Å². The van der Waals surface area contributed by atoms with Crippen LogP contribution < -0.4 is 4.72 Å². The van der Waals surface area contributed by atoms with Gasteiger partial charge in [-0.1, -0.05) is 0 Å². The quantitative estimate of drug-likeness (QED) is 0.856. The first-order chi connectivity index (χ1) is 9.40. The molecule has 0 amide bonds. The first-order valence-electron chi connectivity index (χ1n) is 5.62. The van der Waals surface area contributed by atoms with Crippen LogP contribution in [0.25, 0.3) is 0 Å². The summed E-state index contributed by atoms with van der Waals surface area (Å²) < 4.78 is 31.3. The predicted octanol–water partition coefficient (Wildman–Crippen LogP) is 1.16. The van der Waals surface area contributed by atoms with Crippen LogP contribution in [-0.2, 0) is 16.6 Å². The molecular formula is C12H12N2O5S. The smallest absolute Gasteiger partial charge is 0.339 e.